The summed E-state index contributed by atoms with van der Waals surface area (Å²) in [6.07, 6.45) is 3.33. The summed E-state index contributed by atoms with van der Waals surface area (Å²) in [5.41, 5.74) is 2.40. The van der Waals surface area contributed by atoms with Crippen LogP contribution in [0.25, 0.3) is 5.69 Å². The van der Waals surface area contributed by atoms with E-state index in [1.54, 1.807) is 0 Å². The number of carbonyl (C=O) groups is 1. The second-order valence-electron chi connectivity index (χ2n) is 6.74. The first-order chi connectivity index (χ1) is 13.9. The van der Waals surface area contributed by atoms with Crippen LogP contribution in [-0.4, -0.2) is 27.2 Å². The zero-order valence-corrected chi connectivity index (χ0v) is 16.2. The molecule has 0 unspecified atom stereocenters. The Bertz CT molecular complexity index is 1050. The Labute approximate surface area is 167 Å². The lowest BCUT2D eigenvalue weighted by Crippen LogP contribution is -2.25. The summed E-state index contributed by atoms with van der Waals surface area (Å²) in [5, 5.41) is 18.2. The number of amides is 1. The van der Waals surface area contributed by atoms with Gasteiger partial charge in [0.1, 0.15) is 5.82 Å². The minimum atomic E-state index is -0.770. The highest BCUT2D eigenvalue weighted by Gasteiger charge is 2.19. The number of nitrogens with one attached hydrogen (secondary N) is 1. The summed E-state index contributed by atoms with van der Waals surface area (Å²) in [6.45, 7) is 3.60. The van der Waals surface area contributed by atoms with E-state index in [-0.39, 0.29) is 11.1 Å². The molecular weight excluding hydrogens is 375 g/mol. The number of nitro groups is 1. The van der Waals surface area contributed by atoms with E-state index in [4.69, 9.17) is 0 Å². The molecule has 3 rings (SSSR count). The van der Waals surface area contributed by atoms with Crippen molar-refractivity contribution in [3.8, 4) is 5.69 Å². The highest BCUT2D eigenvalue weighted by molar-refractivity contribution is 5.95. The van der Waals surface area contributed by atoms with Crippen LogP contribution in [0.15, 0.2) is 48.7 Å². The molecule has 0 saturated carbocycles. The Balaban J connectivity index is 1.58. The SMILES string of the molecule is Cc1nn(-c2ccccc2)cc1CCCNC(=O)c1cc(F)c(C)c([N+](=O)[O-])c1. The van der Waals surface area contributed by atoms with Crippen molar-refractivity contribution in [1.29, 1.82) is 0 Å². The first-order valence-corrected chi connectivity index (χ1v) is 9.20. The fourth-order valence-electron chi connectivity index (χ4n) is 3.02. The van der Waals surface area contributed by atoms with Crippen LogP contribution in [0.5, 0.6) is 0 Å². The number of benzene rings is 2. The van der Waals surface area contributed by atoms with Crippen molar-refractivity contribution >= 4 is 11.6 Å². The van der Waals surface area contributed by atoms with Crippen LogP contribution in [0.2, 0.25) is 0 Å². The van der Waals surface area contributed by atoms with Crippen molar-refractivity contribution in [1.82, 2.24) is 15.1 Å². The van der Waals surface area contributed by atoms with Gasteiger partial charge in [-0.15, -0.1) is 0 Å². The molecule has 0 spiro atoms. The van der Waals surface area contributed by atoms with Gasteiger partial charge < -0.3 is 5.32 Å². The first kappa shape index (κ1) is 20.2. The Morgan fingerprint density at radius 1 is 1.24 bits per heavy atom. The van der Waals surface area contributed by atoms with E-state index < -0.39 is 22.3 Å². The maximum Gasteiger partial charge on any atom is 0.276 e. The normalized spacial score (nSPS) is 10.7. The van der Waals surface area contributed by atoms with E-state index in [1.165, 1.54) is 6.92 Å². The summed E-state index contributed by atoms with van der Waals surface area (Å²) in [7, 11) is 0. The minimum Gasteiger partial charge on any atom is -0.352 e. The van der Waals surface area contributed by atoms with Crippen LogP contribution in [0.1, 0.15) is 33.6 Å². The Morgan fingerprint density at radius 3 is 2.66 bits per heavy atom. The van der Waals surface area contributed by atoms with Gasteiger partial charge >= 0.3 is 0 Å². The topological polar surface area (TPSA) is 90.1 Å². The maximum atomic E-state index is 13.9. The number of nitro benzene ring substituents is 1. The third kappa shape index (κ3) is 4.66. The van der Waals surface area contributed by atoms with Crippen molar-refractivity contribution in [3.05, 3.63) is 87.0 Å². The van der Waals surface area contributed by atoms with Crippen molar-refractivity contribution in [2.45, 2.75) is 26.7 Å². The quantitative estimate of drug-likeness (QED) is 0.373. The van der Waals surface area contributed by atoms with E-state index in [9.17, 15) is 19.3 Å². The molecule has 1 amide bonds. The molecule has 0 bridgehead atoms. The second kappa shape index (κ2) is 8.64. The zero-order valence-electron chi connectivity index (χ0n) is 16.2. The first-order valence-electron chi connectivity index (χ1n) is 9.20. The van der Waals surface area contributed by atoms with E-state index in [0.717, 1.165) is 29.1 Å². The number of aryl methyl sites for hydroxylation is 2. The van der Waals surface area contributed by atoms with E-state index >= 15 is 0 Å². The van der Waals surface area contributed by atoms with Crippen molar-refractivity contribution in [2.75, 3.05) is 6.54 Å². The molecular formula is C21H21FN4O3. The summed E-state index contributed by atoms with van der Waals surface area (Å²) >= 11 is 0. The molecule has 3 aromatic rings. The maximum absolute atomic E-state index is 13.9. The van der Waals surface area contributed by atoms with Crippen molar-refractivity contribution in [2.24, 2.45) is 0 Å². The Hall–Kier alpha value is -3.55. The van der Waals surface area contributed by atoms with Gasteiger partial charge in [0, 0.05) is 24.4 Å². The van der Waals surface area contributed by atoms with Crippen molar-refractivity contribution in [3.63, 3.8) is 0 Å². The molecule has 2 aromatic carbocycles. The third-order valence-corrected chi connectivity index (χ3v) is 4.71. The molecule has 1 aromatic heterocycles. The molecule has 0 aliphatic heterocycles. The van der Waals surface area contributed by atoms with Crippen LogP contribution >= 0.6 is 0 Å². The molecule has 8 heteroatoms. The predicted molar refractivity (Wildman–Crippen MR) is 107 cm³/mol. The molecule has 0 saturated heterocycles. The fraction of sp³-hybridized carbons (Fsp3) is 0.238. The smallest absolute Gasteiger partial charge is 0.276 e. The number of hydrogen-bond donors (Lipinski definition) is 1. The predicted octanol–water partition coefficient (Wildman–Crippen LogP) is 3.90. The highest BCUT2D eigenvalue weighted by Crippen LogP contribution is 2.22. The van der Waals surface area contributed by atoms with Gasteiger partial charge in [0.05, 0.1) is 21.9 Å². The number of carbonyl (C=O) groups excluding carboxylic acids is 1. The minimum absolute atomic E-state index is 0.0622. The lowest BCUT2D eigenvalue weighted by atomic mass is 10.1. The number of rotatable bonds is 7. The Kier molecular flexibility index (Phi) is 6.01. The summed E-state index contributed by atoms with van der Waals surface area (Å²) in [6, 6.07) is 11.9. The van der Waals surface area contributed by atoms with Gasteiger partial charge in [0.2, 0.25) is 0 Å². The van der Waals surface area contributed by atoms with Crippen molar-refractivity contribution < 1.29 is 14.1 Å². The number of aromatic nitrogens is 2. The number of nitrogens with zero attached hydrogens (tertiary/aromatic N) is 3. The van der Waals surface area contributed by atoms with E-state index in [1.807, 2.05) is 48.1 Å². The van der Waals surface area contributed by atoms with Gasteiger partial charge in [-0.2, -0.15) is 5.10 Å². The largest absolute Gasteiger partial charge is 0.352 e. The van der Waals surface area contributed by atoms with Gasteiger partial charge in [-0.3, -0.25) is 14.9 Å². The molecule has 0 fully saturated rings. The van der Waals surface area contributed by atoms with Crippen LogP contribution in [0.3, 0.4) is 0 Å². The molecule has 0 aliphatic carbocycles. The molecule has 150 valence electrons. The van der Waals surface area contributed by atoms with Gasteiger partial charge in [0.25, 0.3) is 11.6 Å². The average Bonchev–Trinajstić information content (AvgIpc) is 3.08. The molecule has 0 atom stereocenters. The summed E-state index contributed by atoms with van der Waals surface area (Å²) in [5.74, 6) is -1.31. The van der Waals surface area contributed by atoms with E-state index in [0.29, 0.717) is 19.4 Å². The summed E-state index contributed by atoms with van der Waals surface area (Å²) < 4.78 is 15.7. The van der Waals surface area contributed by atoms with Crippen LogP contribution in [-0.2, 0) is 6.42 Å². The van der Waals surface area contributed by atoms with Gasteiger partial charge in [-0.1, -0.05) is 18.2 Å². The van der Waals surface area contributed by atoms with E-state index in [2.05, 4.69) is 10.4 Å². The van der Waals surface area contributed by atoms with Crippen LogP contribution in [0, 0.1) is 29.8 Å². The standard InChI is InChI=1S/C21H21FN4O3/c1-14-19(22)11-17(12-20(14)26(28)29)21(27)23-10-6-7-16-13-25(24-15(16)2)18-8-4-3-5-9-18/h3-5,8-9,11-13H,6-7,10H2,1-2H3,(H,23,27). The molecule has 1 heterocycles. The number of halogens is 1. The lowest BCUT2D eigenvalue weighted by Gasteiger charge is -2.07. The Morgan fingerprint density at radius 2 is 1.97 bits per heavy atom. The van der Waals surface area contributed by atoms with Gasteiger partial charge in [-0.25, -0.2) is 9.07 Å². The molecule has 29 heavy (non-hydrogen) atoms. The molecule has 0 aliphatic rings. The third-order valence-electron chi connectivity index (χ3n) is 4.71. The molecule has 7 nitrogen and oxygen atoms in total. The number of hydrogen-bond acceptors (Lipinski definition) is 4. The lowest BCUT2D eigenvalue weighted by molar-refractivity contribution is -0.385. The molecule has 0 radical (unpaired) electrons. The monoisotopic (exact) mass is 396 g/mol. The fourth-order valence-corrected chi connectivity index (χ4v) is 3.02. The highest BCUT2D eigenvalue weighted by atomic mass is 19.1. The van der Waals surface area contributed by atoms with Crippen LogP contribution in [0.4, 0.5) is 10.1 Å². The van der Waals surface area contributed by atoms with Crippen LogP contribution < -0.4 is 5.32 Å². The second-order valence-corrected chi connectivity index (χ2v) is 6.74. The summed E-state index contributed by atoms with van der Waals surface area (Å²) in [4.78, 5) is 22.5. The van der Waals surface area contributed by atoms with Gasteiger partial charge in [0.15, 0.2) is 0 Å². The average molecular weight is 396 g/mol. The molecule has 1 N–H and O–H groups in total. The number of para-hydroxylation sites is 1. The van der Waals surface area contributed by atoms with Gasteiger partial charge in [-0.05, 0) is 50.5 Å². The zero-order chi connectivity index (χ0) is 21.0.